The molecule has 0 aromatic rings. The van der Waals surface area contributed by atoms with E-state index in [1.165, 1.54) is 0 Å². The van der Waals surface area contributed by atoms with Gasteiger partial charge in [0.2, 0.25) is 0 Å². The Kier molecular flexibility index (Phi) is 1.27. The predicted octanol–water partition coefficient (Wildman–Crippen LogP) is 1.05. The first-order valence-corrected chi connectivity index (χ1v) is 3.04. The smallest absolute Gasteiger partial charge is 0.135 e. The van der Waals surface area contributed by atoms with Crippen LogP contribution in [0.1, 0.15) is 13.3 Å². The maximum absolute atomic E-state index is 12.8. The van der Waals surface area contributed by atoms with E-state index in [1.54, 1.807) is 0 Å². The molecule has 0 spiro atoms. The van der Waals surface area contributed by atoms with Gasteiger partial charge < -0.3 is 0 Å². The molecule has 0 bridgehead atoms. The topological polar surface area (TPSA) is 3.24 Å². The van der Waals surface area contributed by atoms with Crippen LogP contribution in [0.3, 0.4) is 0 Å². The minimum absolute atomic E-state index is 0.628. The van der Waals surface area contributed by atoms with Crippen LogP contribution in [0, 0.1) is 0 Å². The molecule has 2 heteroatoms. The molecular formula is C6H12FN. The van der Waals surface area contributed by atoms with Crippen LogP contribution < -0.4 is 0 Å². The van der Waals surface area contributed by atoms with Crippen molar-refractivity contribution in [3.8, 4) is 0 Å². The van der Waals surface area contributed by atoms with Crippen LogP contribution in [0.5, 0.6) is 0 Å². The minimum atomic E-state index is -0.839. The second kappa shape index (κ2) is 1.69. The van der Waals surface area contributed by atoms with E-state index in [9.17, 15) is 4.39 Å². The third-order valence-corrected chi connectivity index (χ3v) is 1.74. The average Bonchev–Trinajstić information content (AvgIpc) is 1.63. The van der Waals surface area contributed by atoms with E-state index in [2.05, 4.69) is 0 Å². The van der Waals surface area contributed by atoms with Gasteiger partial charge in [0.1, 0.15) is 5.67 Å². The van der Waals surface area contributed by atoms with Gasteiger partial charge in [-0.15, -0.1) is 0 Å². The molecule has 8 heavy (non-hydrogen) atoms. The summed E-state index contributed by atoms with van der Waals surface area (Å²) in [5.41, 5.74) is -0.839. The van der Waals surface area contributed by atoms with E-state index in [4.69, 9.17) is 0 Å². The molecule has 1 rings (SSSR count). The Balaban J connectivity index is 2.30. The van der Waals surface area contributed by atoms with Gasteiger partial charge in [-0.1, -0.05) is 6.92 Å². The first-order chi connectivity index (χ1) is 3.66. The van der Waals surface area contributed by atoms with E-state index in [1.807, 2.05) is 18.9 Å². The zero-order valence-electron chi connectivity index (χ0n) is 5.45. The van der Waals surface area contributed by atoms with Crippen molar-refractivity contribution >= 4 is 0 Å². The summed E-state index contributed by atoms with van der Waals surface area (Å²) in [5, 5.41) is 0. The summed E-state index contributed by atoms with van der Waals surface area (Å²) < 4.78 is 12.8. The number of rotatable bonds is 1. The third-order valence-electron chi connectivity index (χ3n) is 1.74. The van der Waals surface area contributed by atoms with Crippen LogP contribution in [-0.2, 0) is 0 Å². The lowest BCUT2D eigenvalue weighted by Crippen LogP contribution is -2.56. The number of hydrogen-bond acceptors (Lipinski definition) is 1. The maximum atomic E-state index is 12.8. The number of hydrogen-bond donors (Lipinski definition) is 0. The van der Waals surface area contributed by atoms with Crippen LogP contribution in [0.25, 0.3) is 0 Å². The summed E-state index contributed by atoms with van der Waals surface area (Å²) in [6, 6.07) is 0. The standard InChI is InChI=1S/C6H12FN/c1-3-6(7)4-8(2)5-6/h3-5H2,1-2H3. The fourth-order valence-electron chi connectivity index (χ4n) is 1.14. The Morgan fingerprint density at radius 2 is 2.12 bits per heavy atom. The van der Waals surface area contributed by atoms with Crippen molar-refractivity contribution in [2.75, 3.05) is 20.1 Å². The third kappa shape index (κ3) is 0.848. The Morgan fingerprint density at radius 1 is 1.62 bits per heavy atom. The molecule has 1 aliphatic rings. The lowest BCUT2D eigenvalue weighted by molar-refractivity contribution is -0.0176. The molecule has 0 radical (unpaired) electrons. The molecule has 0 amide bonds. The van der Waals surface area contributed by atoms with Crippen molar-refractivity contribution in [2.24, 2.45) is 0 Å². The van der Waals surface area contributed by atoms with Gasteiger partial charge in [0, 0.05) is 13.1 Å². The summed E-state index contributed by atoms with van der Waals surface area (Å²) in [4.78, 5) is 1.99. The van der Waals surface area contributed by atoms with Crippen LogP contribution in [0.4, 0.5) is 4.39 Å². The molecule has 0 aliphatic carbocycles. The van der Waals surface area contributed by atoms with Gasteiger partial charge in [-0.25, -0.2) is 4.39 Å². The largest absolute Gasteiger partial charge is 0.300 e. The van der Waals surface area contributed by atoms with Crippen molar-refractivity contribution in [3.63, 3.8) is 0 Å². The Labute approximate surface area is 49.5 Å². The minimum Gasteiger partial charge on any atom is -0.300 e. The van der Waals surface area contributed by atoms with E-state index < -0.39 is 5.67 Å². The van der Waals surface area contributed by atoms with Gasteiger partial charge in [0.25, 0.3) is 0 Å². The van der Waals surface area contributed by atoms with Crippen molar-refractivity contribution in [3.05, 3.63) is 0 Å². The molecule has 0 atom stereocenters. The lowest BCUT2D eigenvalue weighted by atomic mass is 9.94. The normalized spacial score (nSPS) is 27.4. The number of halogens is 1. The Morgan fingerprint density at radius 3 is 2.25 bits per heavy atom. The molecule has 1 heterocycles. The van der Waals surface area contributed by atoms with Crippen LogP contribution >= 0.6 is 0 Å². The summed E-state index contributed by atoms with van der Waals surface area (Å²) >= 11 is 0. The van der Waals surface area contributed by atoms with Crippen LogP contribution in [0.15, 0.2) is 0 Å². The molecular weight excluding hydrogens is 105 g/mol. The fraction of sp³-hybridized carbons (Fsp3) is 1.00. The number of nitrogens with zero attached hydrogens (tertiary/aromatic N) is 1. The van der Waals surface area contributed by atoms with Gasteiger partial charge in [-0.2, -0.15) is 0 Å². The molecule has 1 nitrogen and oxygen atoms in total. The molecule has 1 aliphatic heterocycles. The van der Waals surface area contributed by atoms with Crippen molar-refractivity contribution in [2.45, 2.75) is 19.0 Å². The van der Waals surface area contributed by atoms with Crippen LogP contribution in [-0.4, -0.2) is 30.7 Å². The van der Waals surface area contributed by atoms with Gasteiger partial charge in [0.05, 0.1) is 0 Å². The summed E-state index contributed by atoms with van der Waals surface area (Å²) in [7, 11) is 1.94. The number of alkyl halides is 1. The van der Waals surface area contributed by atoms with Gasteiger partial charge in [-0.3, -0.25) is 4.90 Å². The number of likely N-dealkylation sites (tertiary alicyclic amines) is 1. The zero-order chi connectivity index (χ0) is 6.20. The van der Waals surface area contributed by atoms with E-state index >= 15 is 0 Å². The van der Waals surface area contributed by atoms with Crippen molar-refractivity contribution in [1.82, 2.24) is 4.90 Å². The fourth-order valence-corrected chi connectivity index (χ4v) is 1.14. The summed E-state index contributed by atoms with van der Waals surface area (Å²) in [6.45, 7) is 3.15. The van der Waals surface area contributed by atoms with E-state index in [0.29, 0.717) is 19.5 Å². The summed E-state index contributed by atoms with van der Waals surface area (Å²) in [5.74, 6) is 0. The molecule has 1 saturated heterocycles. The zero-order valence-corrected chi connectivity index (χ0v) is 5.45. The highest BCUT2D eigenvalue weighted by molar-refractivity contribution is 4.92. The molecule has 1 fully saturated rings. The van der Waals surface area contributed by atoms with Gasteiger partial charge in [-0.05, 0) is 13.5 Å². The second-order valence-corrected chi connectivity index (χ2v) is 2.68. The lowest BCUT2D eigenvalue weighted by Gasteiger charge is -2.41. The second-order valence-electron chi connectivity index (χ2n) is 2.68. The molecule has 48 valence electrons. The molecule has 0 N–H and O–H groups in total. The van der Waals surface area contributed by atoms with Crippen molar-refractivity contribution in [1.29, 1.82) is 0 Å². The monoisotopic (exact) mass is 117 g/mol. The highest BCUT2D eigenvalue weighted by atomic mass is 19.1. The Hall–Kier alpha value is -0.110. The molecule has 0 aromatic carbocycles. The van der Waals surface area contributed by atoms with Gasteiger partial charge >= 0.3 is 0 Å². The van der Waals surface area contributed by atoms with E-state index in [0.717, 1.165) is 0 Å². The highest BCUT2D eigenvalue weighted by Gasteiger charge is 2.39. The molecule has 0 saturated carbocycles. The predicted molar refractivity (Wildman–Crippen MR) is 31.6 cm³/mol. The average molecular weight is 117 g/mol. The highest BCUT2D eigenvalue weighted by Crippen LogP contribution is 2.26. The van der Waals surface area contributed by atoms with Crippen LogP contribution in [0.2, 0.25) is 0 Å². The maximum Gasteiger partial charge on any atom is 0.135 e. The quantitative estimate of drug-likeness (QED) is 0.496. The summed E-state index contributed by atoms with van der Waals surface area (Å²) in [6.07, 6.45) is 0.664. The van der Waals surface area contributed by atoms with Crippen molar-refractivity contribution < 1.29 is 4.39 Å². The first kappa shape index (κ1) is 6.02. The SMILES string of the molecule is CCC1(F)CN(C)C1. The Bertz CT molecular complexity index is 86.5. The first-order valence-electron chi connectivity index (χ1n) is 3.04. The molecule has 0 aromatic heterocycles. The molecule has 0 unspecified atom stereocenters. The van der Waals surface area contributed by atoms with Gasteiger partial charge in [0.15, 0.2) is 0 Å². The van der Waals surface area contributed by atoms with E-state index in [-0.39, 0.29) is 0 Å².